The van der Waals surface area contributed by atoms with Crippen molar-refractivity contribution < 1.29 is 0 Å². The van der Waals surface area contributed by atoms with Gasteiger partial charge in [0.2, 0.25) is 0 Å². The van der Waals surface area contributed by atoms with E-state index in [-0.39, 0.29) is 0 Å². The van der Waals surface area contributed by atoms with Gasteiger partial charge in [-0.3, -0.25) is 0 Å². The molecule has 0 atom stereocenters. The molecule has 188 valence electrons. The number of benzene rings is 9. The van der Waals surface area contributed by atoms with Crippen LogP contribution in [0.2, 0.25) is 0 Å². The van der Waals surface area contributed by atoms with Gasteiger partial charge in [-0.2, -0.15) is 0 Å². The smallest absolute Gasteiger partial charge is 0.00268 e. The molecule has 0 aliphatic heterocycles. The first-order valence-electron chi connectivity index (χ1n) is 13.8. The molecule has 0 unspecified atom stereocenters. The van der Waals surface area contributed by atoms with E-state index in [0.717, 1.165) is 0 Å². The van der Waals surface area contributed by atoms with Crippen molar-refractivity contribution in [1.82, 2.24) is 0 Å². The van der Waals surface area contributed by atoms with Gasteiger partial charge in [0, 0.05) is 0 Å². The zero-order chi connectivity index (χ0) is 26.7. The molecule has 0 saturated heterocycles. The molecule has 40 heavy (non-hydrogen) atoms. The zero-order valence-corrected chi connectivity index (χ0v) is 22.2. The molecule has 0 radical (unpaired) electrons. The number of hydrogen-bond donors (Lipinski definition) is 0. The Morgan fingerprint density at radius 2 is 0.400 bits per heavy atom. The molecular formula is C40H28. The lowest BCUT2D eigenvalue weighted by molar-refractivity contribution is 1.75. The van der Waals surface area contributed by atoms with Gasteiger partial charge in [0.05, 0.1) is 0 Å². The maximum absolute atomic E-state index is 2.24. The van der Waals surface area contributed by atoms with Crippen molar-refractivity contribution in [2.45, 2.75) is 0 Å². The molecule has 0 bridgehead atoms. The highest BCUT2D eigenvalue weighted by atomic mass is 14.1. The van der Waals surface area contributed by atoms with Gasteiger partial charge in [0.15, 0.2) is 0 Å². The van der Waals surface area contributed by atoms with Crippen molar-refractivity contribution in [2.24, 2.45) is 0 Å². The second-order valence-corrected chi connectivity index (χ2v) is 10.2. The molecule has 0 saturated carbocycles. The van der Waals surface area contributed by atoms with Crippen LogP contribution in [-0.2, 0) is 0 Å². The van der Waals surface area contributed by atoms with Crippen LogP contribution in [0.3, 0.4) is 0 Å². The first kappa shape index (κ1) is 23.9. The second-order valence-electron chi connectivity index (χ2n) is 10.2. The van der Waals surface area contributed by atoms with Gasteiger partial charge in [-0.1, -0.05) is 158 Å². The van der Waals surface area contributed by atoms with E-state index in [1.807, 2.05) is 0 Å². The Morgan fingerprint density at radius 3 is 0.675 bits per heavy atom. The topological polar surface area (TPSA) is 0 Å². The van der Waals surface area contributed by atoms with Crippen molar-refractivity contribution in [1.29, 1.82) is 0 Å². The summed E-state index contributed by atoms with van der Waals surface area (Å²) in [5, 5.41) is 16.0. The van der Waals surface area contributed by atoms with Gasteiger partial charge >= 0.3 is 0 Å². The molecule has 0 aliphatic rings. The third kappa shape index (κ3) is 4.61. The molecule has 0 fully saturated rings. The van der Waals surface area contributed by atoms with Crippen molar-refractivity contribution in [3.8, 4) is 0 Å². The van der Waals surface area contributed by atoms with Crippen LogP contribution in [0.1, 0.15) is 0 Å². The van der Waals surface area contributed by atoms with Crippen molar-refractivity contribution in [3.05, 3.63) is 170 Å². The largest absolute Gasteiger partial charge is 0.0616 e. The highest BCUT2D eigenvalue weighted by molar-refractivity contribution is 6.22. The van der Waals surface area contributed by atoms with E-state index in [0.29, 0.717) is 0 Å². The lowest BCUT2D eigenvalue weighted by atomic mass is 9.95. The number of fused-ring (bicyclic) bond motifs is 3. The molecular weight excluding hydrogens is 480 g/mol. The van der Waals surface area contributed by atoms with Crippen molar-refractivity contribution in [3.63, 3.8) is 0 Å². The molecule has 0 heteroatoms. The van der Waals surface area contributed by atoms with E-state index in [9.17, 15) is 0 Å². The van der Waals surface area contributed by atoms with Gasteiger partial charge in [0.1, 0.15) is 0 Å². The minimum atomic E-state index is 1.31. The summed E-state index contributed by atoms with van der Waals surface area (Å²) in [5.41, 5.74) is 0. The minimum absolute atomic E-state index is 1.31. The third-order valence-corrected chi connectivity index (χ3v) is 7.67. The molecule has 9 rings (SSSR count). The van der Waals surface area contributed by atoms with Gasteiger partial charge in [0.25, 0.3) is 0 Å². The summed E-state index contributed by atoms with van der Waals surface area (Å²) < 4.78 is 0. The normalized spacial score (nSPS) is 11.0. The van der Waals surface area contributed by atoms with Crippen molar-refractivity contribution >= 4 is 64.6 Å². The monoisotopic (exact) mass is 508 g/mol. The molecule has 9 aromatic rings. The lowest BCUT2D eigenvalue weighted by Crippen LogP contribution is -1.82. The van der Waals surface area contributed by atoms with Crippen LogP contribution in [0.4, 0.5) is 0 Å². The lowest BCUT2D eigenvalue weighted by Gasteiger charge is -2.09. The maximum atomic E-state index is 2.24. The highest BCUT2D eigenvalue weighted by Crippen LogP contribution is 2.33. The molecule has 0 nitrogen and oxygen atoms in total. The fourth-order valence-corrected chi connectivity index (χ4v) is 5.69. The van der Waals surface area contributed by atoms with E-state index in [1.165, 1.54) is 64.6 Å². The summed E-state index contributed by atoms with van der Waals surface area (Å²) in [6.45, 7) is 0. The van der Waals surface area contributed by atoms with Gasteiger partial charge in [-0.05, 0) is 76.8 Å². The molecule has 0 aromatic heterocycles. The van der Waals surface area contributed by atoms with Crippen LogP contribution in [0.25, 0.3) is 64.6 Å². The van der Waals surface area contributed by atoms with Gasteiger partial charge < -0.3 is 0 Å². The van der Waals surface area contributed by atoms with Crippen LogP contribution < -0.4 is 0 Å². The minimum Gasteiger partial charge on any atom is -0.0616 e. The quantitative estimate of drug-likeness (QED) is 0.141. The van der Waals surface area contributed by atoms with E-state index in [4.69, 9.17) is 0 Å². The summed E-state index contributed by atoms with van der Waals surface area (Å²) in [5.74, 6) is 0. The summed E-state index contributed by atoms with van der Waals surface area (Å²) in [4.78, 5) is 0. The predicted molar refractivity (Wildman–Crippen MR) is 176 cm³/mol. The fraction of sp³-hybridized carbons (Fsp3) is 0. The summed E-state index contributed by atoms with van der Waals surface area (Å²) >= 11 is 0. The Balaban J connectivity index is 0.000000102. The van der Waals surface area contributed by atoms with Crippen LogP contribution >= 0.6 is 0 Å². The second kappa shape index (κ2) is 10.5. The average molecular weight is 509 g/mol. The van der Waals surface area contributed by atoms with Crippen LogP contribution in [0.15, 0.2) is 170 Å². The van der Waals surface area contributed by atoms with E-state index >= 15 is 0 Å². The highest BCUT2D eigenvalue weighted by Gasteiger charge is 2.06. The van der Waals surface area contributed by atoms with E-state index in [2.05, 4.69) is 170 Å². The predicted octanol–water partition coefficient (Wildman–Crippen LogP) is 11.4. The summed E-state index contributed by atoms with van der Waals surface area (Å²) in [6.07, 6.45) is 0. The van der Waals surface area contributed by atoms with Crippen LogP contribution in [0, 0.1) is 0 Å². The molecule has 0 amide bonds. The van der Waals surface area contributed by atoms with E-state index < -0.39 is 0 Å². The summed E-state index contributed by atoms with van der Waals surface area (Å²) in [7, 11) is 0. The molecule has 0 N–H and O–H groups in total. The molecule has 9 aromatic carbocycles. The molecule has 0 spiro atoms. The standard InChI is InChI=1S/C16H10.C14H10.C10H8/c1-3-11-7-9-13-5-2-6-14-10-8-12(4-1)15(11)16(13)14;1-2-6-12-10-14-8-4-3-7-13(14)9-11(12)5-1;1-2-6-10-8-4-3-7-9(10)5-1/h1-10H;1-10H;1-8H. The van der Waals surface area contributed by atoms with Gasteiger partial charge in [-0.25, -0.2) is 0 Å². The van der Waals surface area contributed by atoms with E-state index in [1.54, 1.807) is 0 Å². The maximum Gasteiger partial charge on any atom is -0.00268 e. The molecule has 0 heterocycles. The fourth-order valence-electron chi connectivity index (χ4n) is 5.69. The first-order chi connectivity index (χ1) is 19.8. The van der Waals surface area contributed by atoms with Crippen LogP contribution in [-0.4, -0.2) is 0 Å². The average Bonchev–Trinajstić information content (AvgIpc) is 3.03. The molecule has 0 aliphatic carbocycles. The van der Waals surface area contributed by atoms with Crippen LogP contribution in [0.5, 0.6) is 0 Å². The Morgan fingerprint density at radius 1 is 0.175 bits per heavy atom. The first-order valence-corrected chi connectivity index (χ1v) is 13.8. The Labute approximate surface area is 234 Å². The SMILES string of the molecule is c1cc2ccc3cccc4ccc(c1)c2c34.c1ccc2cc3ccccc3cc2c1.c1ccc2ccccc2c1. The third-order valence-electron chi connectivity index (χ3n) is 7.67. The van der Waals surface area contributed by atoms with Gasteiger partial charge in [-0.15, -0.1) is 0 Å². The Hall–Kier alpha value is -5.20. The number of rotatable bonds is 0. The van der Waals surface area contributed by atoms with Crippen molar-refractivity contribution in [2.75, 3.05) is 0 Å². The zero-order valence-electron chi connectivity index (χ0n) is 22.2. The Bertz CT molecular complexity index is 1920. The Kier molecular flexibility index (Phi) is 6.28. The summed E-state index contributed by atoms with van der Waals surface area (Å²) in [6, 6.07) is 60.0. The number of hydrogen-bond acceptors (Lipinski definition) is 0.